The molecule has 0 radical (unpaired) electrons. The van der Waals surface area contributed by atoms with E-state index in [9.17, 15) is 24.4 Å². The van der Waals surface area contributed by atoms with Crippen LogP contribution in [-0.2, 0) is 74.2 Å². The van der Waals surface area contributed by atoms with E-state index in [2.05, 4.69) is 35.6 Å². The third-order valence-corrected chi connectivity index (χ3v) is 12.0. The molecule has 3 fully saturated rings. The number of ether oxygens (including phenoxy) is 2. The molecule has 270 valence electrons. The molecule has 4 aromatic rings. The first-order chi connectivity index (χ1) is 24.0. The molecule has 2 bridgehead atoms. The second-order valence-electron chi connectivity index (χ2n) is 12.0. The molecule has 4 aromatic heterocycles. The number of aliphatic hydroxyl groups excluding tert-OH is 3. The van der Waals surface area contributed by atoms with Crippen molar-refractivity contribution < 1.29 is 111 Å². The van der Waals surface area contributed by atoms with Crippen molar-refractivity contribution in [1.82, 2.24) is 34.1 Å². The molecule has 0 saturated carbocycles. The van der Waals surface area contributed by atoms with E-state index < -0.39 is 82.5 Å². The molecule has 2 unspecified atom stereocenters. The minimum Gasteiger partial charge on any atom is -0.660 e. The summed E-state index contributed by atoms with van der Waals surface area (Å²) in [5.41, 5.74) is 1.90. The van der Waals surface area contributed by atoms with Gasteiger partial charge in [-0.3, -0.25) is 13.7 Å². The number of imidazole rings is 1. The van der Waals surface area contributed by atoms with Crippen molar-refractivity contribution in [2.24, 2.45) is 0 Å². The molecule has 26 heteroatoms. The van der Waals surface area contributed by atoms with Crippen molar-refractivity contribution in [1.29, 1.82) is 0 Å². The van der Waals surface area contributed by atoms with Crippen LogP contribution < -0.4 is 69.7 Å². The number of aryl methyl sites for hydroxylation is 1. The smallest absolute Gasteiger partial charge is 0.660 e. The molecular weight excluding hydrogens is 786 g/mol. The van der Waals surface area contributed by atoms with E-state index in [1.807, 2.05) is 0 Å². The Bertz CT molecular complexity index is 2050. The van der Waals surface area contributed by atoms with Gasteiger partial charge >= 0.3 is 59.1 Å². The summed E-state index contributed by atoms with van der Waals surface area (Å²) in [6.07, 6.45) is -4.70. The molecule has 0 aromatic carbocycles. The summed E-state index contributed by atoms with van der Waals surface area (Å²) in [6.45, 7) is -9.77. The fraction of sp³-hybridized carbons (Fsp3) is 0.577. The summed E-state index contributed by atoms with van der Waals surface area (Å²) >= 11 is 10.5. The molecule has 0 aliphatic carbocycles. The largest absolute Gasteiger partial charge is 1.00 e. The number of aromatic nitrogens is 7. The van der Waals surface area contributed by atoms with Gasteiger partial charge in [0.2, 0.25) is 6.80 Å². The second kappa shape index (κ2) is 16.2. The average molecular weight is 818 g/mol. The van der Waals surface area contributed by atoms with Gasteiger partial charge in [-0.2, -0.15) is 0 Å². The number of anilines is 2. The number of nitrogens with zero attached hydrogens (tertiary/aromatic N) is 7. The van der Waals surface area contributed by atoms with Gasteiger partial charge in [-0.15, -0.1) is 0 Å². The van der Waals surface area contributed by atoms with Crippen LogP contribution in [0.2, 0.25) is 0 Å². The van der Waals surface area contributed by atoms with Crippen molar-refractivity contribution in [2.45, 2.75) is 68.5 Å². The Kier molecular flexibility index (Phi) is 12.8. The summed E-state index contributed by atoms with van der Waals surface area (Å²) in [7, 11) is 1.61. The van der Waals surface area contributed by atoms with E-state index in [-0.39, 0.29) is 70.6 Å². The molecule has 8 heterocycles. The van der Waals surface area contributed by atoms with Crippen LogP contribution in [0.15, 0.2) is 18.9 Å². The molecule has 0 amide bonds. The Morgan fingerprint density at radius 1 is 0.942 bits per heavy atom. The normalized spacial score (nSPS) is 34.9. The van der Waals surface area contributed by atoms with Gasteiger partial charge in [-0.1, -0.05) is 0 Å². The quantitative estimate of drug-likeness (QED) is 0.0734. The zero-order valence-corrected chi connectivity index (χ0v) is 35.5. The van der Waals surface area contributed by atoms with E-state index in [1.165, 1.54) is 17.2 Å². The SMILES string of the molecule is CNc1nc(CO)nc2c1ncn2[C@@H]1O[C@@H]2COP(=O)([S-])O[C@H]3[C@@H](O)[C@H](n4cc5c6c(ncnc64)NCCC5)O[C@@H]3COP(=O)([S-])O[C@@H]1[C@@H]2O.[Na+].[Na+]. The predicted molar refractivity (Wildman–Crippen MR) is 177 cm³/mol. The number of rotatable bonds is 4. The van der Waals surface area contributed by atoms with E-state index in [0.29, 0.717) is 22.8 Å². The summed E-state index contributed by atoms with van der Waals surface area (Å²) in [5.74, 6) is 1.01. The van der Waals surface area contributed by atoms with Crippen molar-refractivity contribution in [2.75, 3.05) is 37.4 Å². The summed E-state index contributed by atoms with van der Waals surface area (Å²) in [5, 5.41) is 39.5. The third-order valence-electron chi connectivity index (χ3n) is 8.92. The van der Waals surface area contributed by atoms with E-state index >= 15 is 0 Å². The zero-order chi connectivity index (χ0) is 34.9. The van der Waals surface area contributed by atoms with Gasteiger partial charge in [0.05, 0.1) is 24.9 Å². The summed E-state index contributed by atoms with van der Waals surface area (Å²) < 4.78 is 65.2. The third kappa shape index (κ3) is 7.66. The molecule has 10 atom stereocenters. The molecule has 4 aliphatic rings. The Morgan fingerprint density at radius 3 is 2.38 bits per heavy atom. The van der Waals surface area contributed by atoms with Crippen LogP contribution in [0.5, 0.6) is 0 Å². The topological polar surface area (TPSA) is 249 Å². The Balaban J connectivity index is 0.00000232. The fourth-order valence-corrected chi connectivity index (χ4v) is 9.48. The fourth-order valence-electron chi connectivity index (χ4n) is 6.65. The van der Waals surface area contributed by atoms with E-state index in [1.54, 1.807) is 17.8 Å². The minimum absolute atomic E-state index is 0. The Morgan fingerprint density at radius 2 is 1.65 bits per heavy atom. The standard InChI is InChI=1S/C26H33N9O11P2S2.2Na/c1-27-22-16-24(33-14(6-36)32-22)35(10-31-16)26-20-17(37)12(43-26)7-41-47(39,49)45-19-13(8-42-48(40,50)46-20)44-25(18(19)38)34-5-11-3-2-4-28-21-15(11)23(34)30-9-29-21;;/h5,9-10,12-13,17-20,25-26,36-38H,2-4,6-8H2,1H3,(H,39,49)(H,40,50)(H,27,32,33)(H,28,29,30);;/q;2*+1/p-2/t12-,13-,17-,18-,19-,20-,25-,26-,47?,48?;;/m1../s1. The van der Waals surface area contributed by atoms with Crippen LogP contribution >= 0.6 is 13.6 Å². The first-order valence-corrected chi connectivity index (χ1v) is 20.6. The first kappa shape index (κ1) is 41.2. The average Bonchev–Trinajstić information content (AvgIpc) is 3.79. The number of aliphatic hydroxyl groups is 3. The maximum absolute atomic E-state index is 13.7. The maximum atomic E-state index is 13.7. The molecule has 3 saturated heterocycles. The van der Waals surface area contributed by atoms with Gasteiger partial charge in [0.25, 0.3) is 0 Å². The Labute approximate surface area is 350 Å². The van der Waals surface area contributed by atoms with E-state index in [0.717, 1.165) is 30.3 Å². The second-order valence-corrected chi connectivity index (χ2v) is 17.4. The molecule has 0 spiro atoms. The van der Waals surface area contributed by atoms with Gasteiger partial charge in [-0.05, 0) is 18.4 Å². The predicted octanol–water partition coefficient (Wildman–Crippen LogP) is -5.18. The number of hydrogen-bond acceptors (Lipinski definition) is 20. The van der Waals surface area contributed by atoms with Gasteiger partial charge in [0.15, 0.2) is 42.1 Å². The van der Waals surface area contributed by atoms with Crippen LogP contribution in [0, 0.1) is 0 Å². The van der Waals surface area contributed by atoms with Crippen LogP contribution in [0.4, 0.5) is 11.6 Å². The zero-order valence-electron chi connectivity index (χ0n) is 28.0. The van der Waals surface area contributed by atoms with Gasteiger partial charge in [-0.25, -0.2) is 24.9 Å². The molecule has 4 aliphatic heterocycles. The van der Waals surface area contributed by atoms with Crippen molar-refractivity contribution in [3.8, 4) is 0 Å². The van der Waals surface area contributed by atoms with Crippen LogP contribution in [0.1, 0.15) is 30.3 Å². The minimum atomic E-state index is -4.47. The van der Waals surface area contributed by atoms with Gasteiger partial charge in [0, 0.05) is 19.8 Å². The molecule has 5 N–H and O–H groups in total. The maximum Gasteiger partial charge on any atom is 1.00 e. The van der Waals surface area contributed by atoms with E-state index in [4.69, 9.17) is 52.1 Å². The molecule has 8 rings (SSSR count). The van der Waals surface area contributed by atoms with Crippen molar-refractivity contribution >= 4 is 71.9 Å². The number of nitrogens with one attached hydrogen (secondary N) is 2. The number of hydrogen-bond donors (Lipinski definition) is 5. The molecular formula is C26H31N9Na2O11P2S2. The van der Waals surface area contributed by atoms with Crippen molar-refractivity contribution in [3.63, 3.8) is 0 Å². The summed E-state index contributed by atoms with van der Waals surface area (Å²) in [6, 6.07) is 0. The van der Waals surface area contributed by atoms with Crippen molar-refractivity contribution in [3.05, 3.63) is 30.2 Å². The van der Waals surface area contributed by atoms with Gasteiger partial charge in [0.1, 0.15) is 61.0 Å². The van der Waals surface area contributed by atoms with Crippen LogP contribution in [0.3, 0.4) is 0 Å². The number of fused-ring (bicyclic) bond motifs is 4. The van der Waals surface area contributed by atoms with Crippen LogP contribution in [0.25, 0.3) is 22.2 Å². The molecule has 20 nitrogen and oxygen atoms in total. The summed E-state index contributed by atoms with van der Waals surface area (Å²) in [4.78, 5) is 21.7. The van der Waals surface area contributed by atoms with Crippen LogP contribution in [-0.4, -0.2) is 113 Å². The first-order valence-electron chi connectivity index (χ1n) is 15.5. The monoisotopic (exact) mass is 817 g/mol. The Hall–Kier alpha value is -0.430. The van der Waals surface area contributed by atoms with Gasteiger partial charge < -0.3 is 82.6 Å². The molecule has 52 heavy (non-hydrogen) atoms.